The number of ether oxygens (including phenoxy) is 2. The Bertz CT molecular complexity index is 1080. The van der Waals surface area contributed by atoms with Crippen molar-refractivity contribution in [1.82, 2.24) is 10.2 Å². The van der Waals surface area contributed by atoms with E-state index in [-0.39, 0.29) is 23.8 Å². The molecular formula is C26H30FN3O3S. The van der Waals surface area contributed by atoms with Gasteiger partial charge in [-0.3, -0.25) is 9.69 Å². The summed E-state index contributed by atoms with van der Waals surface area (Å²) in [4.78, 5) is 19.0. The smallest absolute Gasteiger partial charge is 0.251 e. The quantitative estimate of drug-likeness (QED) is 0.508. The molecule has 4 rings (SSSR count). The number of thiophene rings is 1. The molecule has 0 bridgehead atoms. The van der Waals surface area contributed by atoms with Crippen LogP contribution in [0.25, 0.3) is 0 Å². The van der Waals surface area contributed by atoms with E-state index < -0.39 is 0 Å². The number of nitrogens with one attached hydrogen (secondary N) is 1. The summed E-state index contributed by atoms with van der Waals surface area (Å²) in [6.45, 7) is 5.41. The van der Waals surface area contributed by atoms with Gasteiger partial charge in [0, 0.05) is 48.3 Å². The molecule has 8 heteroatoms. The first-order chi connectivity index (χ1) is 16.5. The van der Waals surface area contributed by atoms with Gasteiger partial charge in [-0.1, -0.05) is 6.07 Å². The number of carbonyl (C=O) groups excluding carboxylic acids is 1. The number of anilines is 1. The van der Waals surface area contributed by atoms with Gasteiger partial charge in [0.25, 0.3) is 5.91 Å². The van der Waals surface area contributed by atoms with Crippen LogP contribution in [0, 0.1) is 5.82 Å². The highest BCUT2D eigenvalue weighted by molar-refractivity contribution is 7.10. The van der Waals surface area contributed by atoms with E-state index in [9.17, 15) is 9.18 Å². The van der Waals surface area contributed by atoms with Crippen molar-refractivity contribution >= 4 is 22.9 Å². The lowest BCUT2D eigenvalue weighted by atomic mass is 10.0. The Morgan fingerprint density at radius 2 is 1.71 bits per heavy atom. The Kier molecular flexibility index (Phi) is 7.70. The summed E-state index contributed by atoms with van der Waals surface area (Å²) in [5, 5.41) is 5.26. The fraction of sp³-hybridized carbons (Fsp3) is 0.346. The predicted molar refractivity (Wildman–Crippen MR) is 134 cm³/mol. The zero-order valence-corrected chi connectivity index (χ0v) is 20.5. The number of piperazine rings is 1. The lowest BCUT2D eigenvalue weighted by molar-refractivity contribution is 0.0890. The molecule has 2 unspecified atom stereocenters. The molecule has 180 valence electrons. The number of rotatable bonds is 8. The fourth-order valence-electron chi connectivity index (χ4n) is 4.46. The van der Waals surface area contributed by atoms with Crippen LogP contribution in [-0.4, -0.2) is 57.2 Å². The zero-order valence-electron chi connectivity index (χ0n) is 19.7. The number of benzene rings is 2. The standard InChI is InChI=1S/C26H30FN3O3S/c1-18(28-26(31)19-6-11-22(32-2)23(17-19)33-3)25(24-5-4-16-34-24)30-14-12-29(13-15-30)21-9-7-20(27)8-10-21/h4-11,16-18,25H,12-15H2,1-3H3,(H,28,31). The Labute approximate surface area is 203 Å². The van der Waals surface area contributed by atoms with Crippen molar-refractivity contribution in [3.05, 3.63) is 76.2 Å². The number of hydrogen-bond donors (Lipinski definition) is 1. The molecular weight excluding hydrogens is 453 g/mol. The number of methoxy groups -OCH3 is 2. The van der Waals surface area contributed by atoms with Crippen LogP contribution in [0.5, 0.6) is 11.5 Å². The second-order valence-electron chi connectivity index (χ2n) is 8.29. The van der Waals surface area contributed by atoms with Crippen molar-refractivity contribution in [3.8, 4) is 11.5 Å². The van der Waals surface area contributed by atoms with Gasteiger partial charge < -0.3 is 19.7 Å². The van der Waals surface area contributed by atoms with Gasteiger partial charge in [-0.15, -0.1) is 11.3 Å². The summed E-state index contributed by atoms with van der Waals surface area (Å²) < 4.78 is 23.9. The Morgan fingerprint density at radius 1 is 1.00 bits per heavy atom. The first kappa shape index (κ1) is 24.0. The molecule has 3 aromatic rings. The van der Waals surface area contributed by atoms with Gasteiger partial charge in [0.15, 0.2) is 11.5 Å². The molecule has 1 amide bonds. The van der Waals surface area contributed by atoms with E-state index in [1.807, 2.05) is 18.2 Å². The van der Waals surface area contributed by atoms with Gasteiger partial charge in [-0.2, -0.15) is 0 Å². The van der Waals surface area contributed by atoms with Gasteiger partial charge in [-0.05, 0) is 60.8 Å². The summed E-state index contributed by atoms with van der Waals surface area (Å²) in [6.07, 6.45) is 0. The van der Waals surface area contributed by atoms with E-state index in [1.54, 1.807) is 43.8 Å². The number of amides is 1. The van der Waals surface area contributed by atoms with Crippen LogP contribution in [0.4, 0.5) is 10.1 Å². The highest BCUT2D eigenvalue weighted by Gasteiger charge is 2.31. The molecule has 2 heterocycles. The molecule has 1 N–H and O–H groups in total. The van der Waals surface area contributed by atoms with E-state index in [0.29, 0.717) is 17.1 Å². The first-order valence-corrected chi connectivity index (χ1v) is 12.2. The van der Waals surface area contributed by atoms with Crippen molar-refractivity contribution in [1.29, 1.82) is 0 Å². The summed E-state index contributed by atoms with van der Waals surface area (Å²) in [5.41, 5.74) is 1.55. The number of hydrogen-bond acceptors (Lipinski definition) is 6. The Morgan fingerprint density at radius 3 is 2.32 bits per heavy atom. The second kappa shape index (κ2) is 10.9. The summed E-state index contributed by atoms with van der Waals surface area (Å²) in [7, 11) is 3.13. The van der Waals surface area contributed by atoms with E-state index in [2.05, 4.69) is 33.5 Å². The topological polar surface area (TPSA) is 54.0 Å². The predicted octanol–water partition coefficient (Wildman–Crippen LogP) is 4.59. The van der Waals surface area contributed by atoms with Crippen molar-refractivity contribution in [2.24, 2.45) is 0 Å². The lowest BCUT2D eigenvalue weighted by Gasteiger charge is -2.42. The molecule has 1 fully saturated rings. The number of carbonyl (C=O) groups is 1. The number of halogens is 1. The molecule has 2 atom stereocenters. The molecule has 0 aliphatic carbocycles. The van der Waals surface area contributed by atoms with Crippen molar-refractivity contribution < 1.29 is 18.7 Å². The molecule has 0 saturated carbocycles. The molecule has 1 aromatic heterocycles. The SMILES string of the molecule is COc1ccc(C(=O)NC(C)C(c2cccs2)N2CCN(c3ccc(F)cc3)CC2)cc1OC. The molecule has 0 radical (unpaired) electrons. The summed E-state index contributed by atoms with van der Waals surface area (Å²) >= 11 is 1.70. The molecule has 2 aromatic carbocycles. The van der Waals surface area contributed by atoms with Crippen LogP contribution in [-0.2, 0) is 0 Å². The minimum atomic E-state index is -0.223. The maximum absolute atomic E-state index is 13.3. The zero-order chi connectivity index (χ0) is 24.1. The Hall–Kier alpha value is -3.10. The summed E-state index contributed by atoms with van der Waals surface area (Å²) in [6, 6.07) is 15.9. The van der Waals surface area contributed by atoms with Crippen molar-refractivity contribution in [2.45, 2.75) is 19.0 Å². The van der Waals surface area contributed by atoms with Crippen LogP contribution in [0.15, 0.2) is 60.0 Å². The third-order valence-corrected chi connectivity index (χ3v) is 7.16. The van der Waals surface area contributed by atoms with Crippen LogP contribution in [0.1, 0.15) is 28.2 Å². The lowest BCUT2D eigenvalue weighted by Crippen LogP contribution is -2.52. The first-order valence-electron chi connectivity index (χ1n) is 11.3. The van der Waals surface area contributed by atoms with Crippen molar-refractivity contribution in [3.63, 3.8) is 0 Å². The van der Waals surface area contributed by atoms with Crippen LogP contribution >= 0.6 is 11.3 Å². The highest BCUT2D eigenvalue weighted by atomic mass is 32.1. The average molecular weight is 484 g/mol. The van der Waals surface area contributed by atoms with E-state index in [0.717, 1.165) is 31.9 Å². The molecule has 1 saturated heterocycles. The van der Waals surface area contributed by atoms with Crippen LogP contribution < -0.4 is 19.7 Å². The largest absolute Gasteiger partial charge is 0.493 e. The van der Waals surface area contributed by atoms with E-state index in [4.69, 9.17) is 9.47 Å². The minimum absolute atomic E-state index is 0.0551. The molecule has 1 aliphatic rings. The normalized spacial score (nSPS) is 16.1. The van der Waals surface area contributed by atoms with Gasteiger partial charge in [-0.25, -0.2) is 4.39 Å². The molecule has 34 heavy (non-hydrogen) atoms. The monoisotopic (exact) mass is 483 g/mol. The third-order valence-electron chi connectivity index (χ3n) is 6.21. The third kappa shape index (κ3) is 5.34. The molecule has 6 nitrogen and oxygen atoms in total. The Balaban J connectivity index is 1.46. The maximum atomic E-state index is 13.3. The second-order valence-corrected chi connectivity index (χ2v) is 9.27. The van der Waals surface area contributed by atoms with Crippen LogP contribution in [0.2, 0.25) is 0 Å². The highest BCUT2D eigenvalue weighted by Crippen LogP contribution is 2.31. The average Bonchev–Trinajstić information content (AvgIpc) is 3.39. The molecule has 0 spiro atoms. The van der Waals surface area contributed by atoms with E-state index >= 15 is 0 Å². The van der Waals surface area contributed by atoms with Crippen molar-refractivity contribution in [2.75, 3.05) is 45.3 Å². The maximum Gasteiger partial charge on any atom is 0.251 e. The van der Waals surface area contributed by atoms with Gasteiger partial charge in [0.05, 0.1) is 20.3 Å². The van der Waals surface area contributed by atoms with Gasteiger partial charge in [0.1, 0.15) is 5.82 Å². The summed E-state index contributed by atoms with van der Waals surface area (Å²) in [5.74, 6) is 0.733. The number of nitrogens with zero attached hydrogens (tertiary/aromatic N) is 2. The van der Waals surface area contributed by atoms with Gasteiger partial charge in [0.2, 0.25) is 0 Å². The fourth-order valence-corrected chi connectivity index (χ4v) is 5.42. The molecule has 1 aliphatic heterocycles. The van der Waals surface area contributed by atoms with Crippen LogP contribution in [0.3, 0.4) is 0 Å². The van der Waals surface area contributed by atoms with E-state index in [1.165, 1.54) is 17.0 Å². The minimum Gasteiger partial charge on any atom is -0.493 e. The van der Waals surface area contributed by atoms with Gasteiger partial charge >= 0.3 is 0 Å².